The van der Waals surface area contributed by atoms with Gasteiger partial charge in [-0.2, -0.15) is 5.10 Å². The largest absolute Gasteiger partial charge is 0.391 e. The molecule has 33 heavy (non-hydrogen) atoms. The summed E-state index contributed by atoms with van der Waals surface area (Å²) in [7, 11) is -4.16. The molecule has 8 nitrogen and oxygen atoms in total. The second-order valence-corrected chi connectivity index (χ2v) is 10.9. The first kappa shape index (κ1) is 24.9. The summed E-state index contributed by atoms with van der Waals surface area (Å²) in [6.45, 7) is 5.97. The van der Waals surface area contributed by atoms with Crippen molar-refractivity contribution in [1.29, 1.82) is 0 Å². The van der Waals surface area contributed by atoms with Gasteiger partial charge in [0, 0.05) is 22.3 Å². The Bertz CT molecular complexity index is 1280. The van der Waals surface area contributed by atoms with Crippen LogP contribution >= 0.6 is 11.6 Å². The Morgan fingerprint density at radius 2 is 1.88 bits per heavy atom. The van der Waals surface area contributed by atoms with E-state index in [0.29, 0.717) is 27.3 Å². The van der Waals surface area contributed by atoms with Crippen LogP contribution < -0.4 is 10.9 Å². The third kappa shape index (κ3) is 5.62. The minimum absolute atomic E-state index is 0.172. The van der Waals surface area contributed by atoms with Crippen molar-refractivity contribution in [2.75, 3.05) is 0 Å². The molecule has 176 valence electrons. The quantitative estimate of drug-likeness (QED) is 0.467. The zero-order valence-corrected chi connectivity index (χ0v) is 20.1. The monoisotopic (exact) mass is 490 g/mol. The Labute approximate surface area is 198 Å². The number of primary sulfonamides is 1. The molecule has 2 atom stereocenters. The number of hydrogen-bond acceptors (Lipinski definition) is 5. The molecule has 0 spiro atoms. The summed E-state index contributed by atoms with van der Waals surface area (Å²) < 4.78 is 26.5. The SMILES string of the molecule is CC(C)(C)C(O)Cn1cc(-c2ccc(C(C(N)=O)c3ccccc3Cl)cc2S(N)(=O)=O)cn1. The van der Waals surface area contributed by atoms with E-state index in [0.717, 1.165) is 0 Å². The molecule has 0 radical (unpaired) electrons. The second-order valence-electron chi connectivity index (χ2n) is 8.99. The maximum Gasteiger partial charge on any atom is 0.238 e. The number of benzene rings is 2. The third-order valence-electron chi connectivity index (χ3n) is 5.45. The van der Waals surface area contributed by atoms with E-state index < -0.39 is 28.0 Å². The number of halogens is 1. The fraction of sp³-hybridized carbons (Fsp3) is 0.304. The third-order valence-corrected chi connectivity index (χ3v) is 6.75. The van der Waals surface area contributed by atoms with Crippen LogP contribution in [0.15, 0.2) is 59.8 Å². The van der Waals surface area contributed by atoms with Crippen LogP contribution in [0.1, 0.15) is 37.8 Å². The van der Waals surface area contributed by atoms with Crippen molar-refractivity contribution >= 4 is 27.5 Å². The molecule has 0 saturated heterocycles. The van der Waals surface area contributed by atoms with Gasteiger partial charge in [-0.25, -0.2) is 13.6 Å². The highest BCUT2D eigenvalue weighted by atomic mass is 35.5. The number of nitrogens with two attached hydrogens (primary N) is 2. The van der Waals surface area contributed by atoms with Gasteiger partial charge in [0.05, 0.1) is 29.7 Å². The maximum absolute atomic E-state index is 12.5. The summed E-state index contributed by atoms with van der Waals surface area (Å²) in [5, 5.41) is 20.4. The predicted octanol–water partition coefficient (Wildman–Crippen LogP) is 2.88. The minimum Gasteiger partial charge on any atom is -0.391 e. The predicted molar refractivity (Wildman–Crippen MR) is 127 cm³/mol. The zero-order valence-electron chi connectivity index (χ0n) is 18.6. The Morgan fingerprint density at radius 1 is 1.21 bits per heavy atom. The molecule has 10 heteroatoms. The van der Waals surface area contributed by atoms with E-state index >= 15 is 0 Å². The number of sulfonamides is 1. The summed E-state index contributed by atoms with van der Waals surface area (Å²) in [4.78, 5) is 12.1. The number of aliphatic hydroxyl groups is 1. The normalized spacial score (nSPS) is 14.1. The van der Waals surface area contributed by atoms with Crippen molar-refractivity contribution < 1.29 is 18.3 Å². The Hall–Kier alpha value is -2.72. The fourth-order valence-electron chi connectivity index (χ4n) is 3.45. The Balaban J connectivity index is 2.08. The molecule has 0 bridgehead atoms. The lowest BCUT2D eigenvalue weighted by Gasteiger charge is -2.25. The van der Waals surface area contributed by atoms with Gasteiger partial charge in [-0.1, -0.05) is 62.7 Å². The molecule has 0 fully saturated rings. The first-order valence-electron chi connectivity index (χ1n) is 10.2. The molecule has 2 aromatic carbocycles. The minimum atomic E-state index is -4.16. The molecule has 1 heterocycles. The number of nitrogens with zero attached hydrogens (tertiary/aromatic N) is 2. The van der Waals surface area contributed by atoms with Gasteiger partial charge < -0.3 is 10.8 Å². The Morgan fingerprint density at radius 3 is 2.45 bits per heavy atom. The van der Waals surface area contributed by atoms with E-state index in [1.54, 1.807) is 47.3 Å². The first-order chi connectivity index (χ1) is 15.3. The topological polar surface area (TPSA) is 141 Å². The summed E-state index contributed by atoms with van der Waals surface area (Å²) in [6.07, 6.45) is 2.48. The smallest absolute Gasteiger partial charge is 0.238 e. The molecule has 3 aromatic rings. The van der Waals surface area contributed by atoms with Gasteiger partial charge in [0.25, 0.3) is 0 Å². The number of carbonyl (C=O) groups excluding carboxylic acids is 1. The number of carbonyl (C=O) groups is 1. The lowest BCUT2D eigenvalue weighted by Crippen LogP contribution is -2.30. The lowest BCUT2D eigenvalue weighted by molar-refractivity contribution is -0.118. The van der Waals surface area contributed by atoms with Crippen molar-refractivity contribution in [2.45, 2.75) is 44.2 Å². The van der Waals surface area contributed by atoms with Crippen LogP contribution in [0.5, 0.6) is 0 Å². The highest BCUT2D eigenvalue weighted by Crippen LogP contribution is 2.35. The van der Waals surface area contributed by atoms with E-state index in [-0.39, 0.29) is 16.9 Å². The van der Waals surface area contributed by atoms with Crippen LogP contribution in [0, 0.1) is 5.41 Å². The number of rotatable bonds is 7. The van der Waals surface area contributed by atoms with E-state index in [1.165, 1.54) is 12.3 Å². The van der Waals surface area contributed by atoms with Gasteiger partial charge in [0.2, 0.25) is 15.9 Å². The summed E-state index contributed by atoms with van der Waals surface area (Å²) in [5.41, 5.74) is 6.93. The van der Waals surface area contributed by atoms with E-state index in [1.807, 2.05) is 20.8 Å². The number of aliphatic hydroxyl groups excluding tert-OH is 1. The zero-order chi connectivity index (χ0) is 24.6. The maximum atomic E-state index is 12.5. The molecule has 0 aliphatic carbocycles. The Kier molecular flexibility index (Phi) is 6.99. The van der Waals surface area contributed by atoms with Crippen LogP contribution in [0.4, 0.5) is 0 Å². The molecule has 0 saturated carbocycles. The van der Waals surface area contributed by atoms with Crippen LogP contribution in [-0.4, -0.2) is 35.3 Å². The van der Waals surface area contributed by atoms with Crippen LogP contribution in [0.2, 0.25) is 5.02 Å². The van der Waals surface area contributed by atoms with Crippen LogP contribution in [0.25, 0.3) is 11.1 Å². The van der Waals surface area contributed by atoms with E-state index in [9.17, 15) is 18.3 Å². The van der Waals surface area contributed by atoms with E-state index in [2.05, 4.69) is 5.10 Å². The highest BCUT2D eigenvalue weighted by Gasteiger charge is 2.27. The molecule has 1 aromatic heterocycles. The van der Waals surface area contributed by atoms with Crippen molar-refractivity contribution in [1.82, 2.24) is 9.78 Å². The second kappa shape index (κ2) is 9.26. The molecule has 0 aliphatic heterocycles. The number of primary amides is 1. The van der Waals surface area contributed by atoms with Crippen molar-refractivity contribution in [3.63, 3.8) is 0 Å². The van der Waals surface area contributed by atoms with Gasteiger partial charge >= 0.3 is 0 Å². The summed E-state index contributed by atoms with van der Waals surface area (Å²) in [6, 6.07) is 11.2. The van der Waals surface area contributed by atoms with Crippen molar-refractivity contribution in [3.05, 3.63) is 71.0 Å². The van der Waals surface area contributed by atoms with Gasteiger partial charge in [-0.05, 0) is 28.7 Å². The summed E-state index contributed by atoms with van der Waals surface area (Å²) in [5.74, 6) is -1.64. The first-order valence-corrected chi connectivity index (χ1v) is 12.1. The van der Waals surface area contributed by atoms with Crippen LogP contribution in [0.3, 0.4) is 0 Å². The number of amides is 1. The molecular formula is C23H27ClN4O4S. The van der Waals surface area contributed by atoms with Crippen LogP contribution in [-0.2, 0) is 21.4 Å². The average molecular weight is 491 g/mol. The molecule has 0 aliphatic rings. The van der Waals surface area contributed by atoms with Crippen molar-refractivity contribution in [3.8, 4) is 11.1 Å². The molecule has 3 rings (SSSR count). The molecule has 5 N–H and O–H groups in total. The highest BCUT2D eigenvalue weighted by molar-refractivity contribution is 7.89. The summed E-state index contributed by atoms with van der Waals surface area (Å²) >= 11 is 6.26. The number of aromatic nitrogens is 2. The van der Waals surface area contributed by atoms with Gasteiger partial charge in [-0.15, -0.1) is 0 Å². The molecular weight excluding hydrogens is 464 g/mol. The fourth-order valence-corrected chi connectivity index (χ4v) is 4.49. The number of hydrogen-bond donors (Lipinski definition) is 3. The lowest BCUT2D eigenvalue weighted by atomic mass is 9.89. The molecule has 1 amide bonds. The van der Waals surface area contributed by atoms with Crippen molar-refractivity contribution in [2.24, 2.45) is 16.3 Å². The standard InChI is InChI=1S/C23H27ClN4O4S/c1-23(2,3)20(29)13-28-12-15(11-27-28)16-9-8-14(10-19(16)33(26,31)32)21(22(25)30)17-6-4-5-7-18(17)24/h4-12,20-21,29H,13H2,1-3H3,(H2,25,30)(H2,26,31,32). The van der Waals surface area contributed by atoms with E-state index in [4.69, 9.17) is 22.5 Å². The van der Waals surface area contributed by atoms with Gasteiger partial charge in [0.1, 0.15) is 0 Å². The van der Waals surface area contributed by atoms with Gasteiger partial charge in [-0.3, -0.25) is 9.48 Å². The molecule has 2 unspecified atom stereocenters. The van der Waals surface area contributed by atoms with Gasteiger partial charge in [0.15, 0.2) is 0 Å². The average Bonchev–Trinajstić information content (AvgIpc) is 3.16.